The average molecular weight is 374 g/mol. The zero-order valence-electron chi connectivity index (χ0n) is 14.7. The normalized spacial score (nSPS) is 11.6. The minimum Gasteiger partial charge on any atom is -0.380 e. The molecule has 2 rings (SSSR count). The largest absolute Gasteiger partial charge is 0.380 e. The number of nitrogens with one attached hydrogen (secondary N) is 2. The molecule has 0 bridgehead atoms. The van der Waals surface area contributed by atoms with E-state index in [2.05, 4.69) is 10.0 Å². The first-order valence-corrected chi connectivity index (χ1v) is 9.60. The van der Waals surface area contributed by atoms with Crippen LogP contribution in [0.4, 0.5) is 5.69 Å². The monoisotopic (exact) mass is 374 g/mol. The van der Waals surface area contributed by atoms with Crippen molar-refractivity contribution < 1.29 is 17.9 Å². The van der Waals surface area contributed by atoms with E-state index >= 15 is 0 Å². The summed E-state index contributed by atoms with van der Waals surface area (Å²) >= 11 is 0. The van der Waals surface area contributed by atoms with Gasteiger partial charge in [-0.05, 0) is 29.8 Å². The summed E-state index contributed by atoms with van der Waals surface area (Å²) in [6.45, 7) is 2.45. The van der Waals surface area contributed by atoms with Crippen LogP contribution in [0.25, 0.3) is 6.08 Å². The second-order valence-electron chi connectivity index (χ2n) is 5.48. The first kappa shape index (κ1) is 19.8. The Morgan fingerprint density at radius 1 is 1.12 bits per heavy atom. The zero-order chi connectivity index (χ0) is 19.0. The Hall–Kier alpha value is -2.48. The van der Waals surface area contributed by atoms with E-state index in [0.29, 0.717) is 18.8 Å². The molecule has 138 valence electrons. The van der Waals surface area contributed by atoms with E-state index < -0.39 is 10.0 Å². The van der Waals surface area contributed by atoms with E-state index in [9.17, 15) is 13.2 Å². The van der Waals surface area contributed by atoms with Crippen LogP contribution in [0.1, 0.15) is 18.1 Å². The Morgan fingerprint density at radius 3 is 2.46 bits per heavy atom. The van der Waals surface area contributed by atoms with Gasteiger partial charge in [-0.25, -0.2) is 13.1 Å². The molecule has 0 spiro atoms. The highest BCUT2D eigenvalue weighted by Gasteiger charge is 2.11. The Bertz CT molecular complexity index is 875. The molecule has 0 unspecified atom stereocenters. The lowest BCUT2D eigenvalue weighted by Crippen LogP contribution is -2.22. The fraction of sp³-hybridized carbons (Fsp3) is 0.211. The molecule has 0 aliphatic carbocycles. The number of para-hydroxylation sites is 1. The van der Waals surface area contributed by atoms with Crippen molar-refractivity contribution in [2.24, 2.45) is 0 Å². The first-order valence-electron chi connectivity index (χ1n) is 8.12. The Kier molecular flexibility index (Phi) is 7.08. The molecule has 7 heteroatoms. The van der Waals surface area contributed by atoms with Crippen LogP contribution < -0.4 is 10.0 Å². The van der Waals surface area contributed by atoms with Gasteiger partial charge in [0.05, 0.1) is 11.5 Å². The van der Waals surface area contributed by atoms with E-state index in [0.717, 1.165) is 11.1 Å². The number of sulfonamides is 1. The van der Waals surface area contributed by atoms with Crippen molar-refractivity contribution in [3.63, 3.8) is 0 Å². The van der Waals surface area contributed by atoms with E-state index in [1.54, 1.807) is 38.3 Å². The number of anilines is 1. The quantitative estimate of drug-likeness (QED) is 0.696. The molecule has 0 saturated heterocycles. The maximum Gasteiger partial charge on any atom is 0.248 e. The first-order chi connectivity index (χ1) is 12.5. The Balaban J connectivity index is 2.05. The summed E-state index contributed by atoms with van der Waals surface area (Å²) in [7, 11) is -1.88. The van der Waals surface area contributed by atoms with Gasteiger partial charge in [0.1, 0.15) is 0 Å². The molecule has 0 aromatic heterocycles. The van der Waals surface area contributed by atoms with Crippen molar-refractivity contribution in [2.45, 2.75) is 18.4 Å². The van der Waals surface area contributed by atoms with Gasteiger partial charge in [0.25, 0.3) is 0 Å². The molecule has 0 radical (unpaired) electrons. The number of carbonyl (C=O) groups excluding carboxylic acids is 1. The highest BCUT2D eigenvalue weighted by molar-refractivity contribution is 7.89. The van der Waals surface area contributed by atoms with Gasteiger partial charge < -0.3 is 10.1 Å². The number of rotatable bonds is 8. The molecular weight excluding hydrogens is 352 g/mol. The van der Waals surface area contributed by atoms with Gasteiger partial charge in [-0.15, -0.1) is 0 Å². The van der Waals surface area contributed by atoms with Gasteiger partial charge in [0.2, 0.25) is 15.9 Å². The van der Waals surface area contributed by atoms with Gasteiger partial charge in [-0.2, -0.15) is 0 Å². The van der Waals surface area contributed by atoms with Crippen LogP contribution in [0.5, 0.6) is 0 Å². The van der Waals surface area contributed by atoms with Crippen molar-refractivity contribution in [2.75, 3.05) is 19.0 Å². The number of amides is 1. The molecule has 0 heterocycles. The molecule has 2 aromatic rings. The summed E-state index contributed by atoms with van der Waals surface area (Å²) in [5.74, 6) is -0.280. The third-order valence-corrected chi connectivity index (χ3v) is 5.09. The van der Waals surface area contributed by atoms with E-state index in [1.807, 2.05) is 18.2 Å². The van der Waals surface area contributed by atoms with E-state index in [-0.39, 0.29) is 10.8 Å². The van der Waals surface area contributed by atoms with E-state index in [4.69, 9.17) is 4.74 Å². The maximum atomic E-state index is 12.1. The molecule has 2 N–H and O–H groups in total. The van der Waals surface area contributed by atoms with Crippen molar-refractivity contribution in [1.29, 1.82) is 0 Å². The van der Waals surface area contributed by atoms with Gasteiger partial charge in [-0.1, -0.05) is 37.3 Å². The molecule has 1 amide bonds. The third-order valence-electron chi connectivity index (χ3n) is 3.53. The number of ether oxygens (including phenoxy) is 1. The smallest absolute Gasteiger partial charge is 0.248 e. The van der Waals surface area contributed by atoms with Crippen molar-refractivity contribution in [1.82, 2.24) is 4.72 Å². The predicted octanol–water partition coefficient (Wildman–Crippen LogP) is 2.78. The van der Waals surface area contributed by atoms with Crippen molar-refractivity contribution in [3.05, 3.63) is 65.7 Å². The highest BCUT2D eigenvalue weighted by Crippen LogP contribution is 2.16. The third kappa shape index (κ3) is 5.52. The van der Waals surface area contributed by atoms with Crippen LogP contribution >= 0.6 is 0 Å². The van der Waals surface area contributed by atoms with Crippen LogP contribution in [-0.2, 0) is 26.2 Å². The topological polar surface area (TPSA) is 84.5 Å². The lowest BCUT2D eigenvalue weighted by atomic mass is 10.2. The minimum absolute atomic E-state index is 0.189. The number of benzene rings is 2. The lowest BCUT2D eigenvalue weighted by molar-refractivity contribution is -0.111. The Morgan fingerprint density at radius 2 is 1.81 bits per heavy atom. The molecule has 0 fully saturated rings. The van der Waals surface area contributed by atoms with Gasteiger partial charge in [0.15, 0.2) is 0 Å². The highest BCUT2D eigenvalue weighted by atomic mass is 32.2. The fourth-order valence-corrected chi connectivity index (χ4v) is 3.34. The average Bonchev–Trinajstić information content (AvgIpc) is 2.62. The summed E-state index contributed by atoms with van der Waals surface area (Å²) in [6.07, 6.45) is 3.02. The van der Waals surface area contributed by atoms with Gasteiger partial charge in [-0.3, -0.25) is 4.79 Å². The van der Waals surface area contributed by atoms with Gasteiger partial charge in [0, 0.05) is 31.0 Å². The second kappa shape index (κ2) is 9.28. The van der Waals surface area contributed by atoms with E-state index in [1.165, 1.54) is 18.2 Å². The summed E-state index contributed by atoms with van der Waals surface area (Å²) in [4.78, 5) is 12.3. The van der Waals surface area contributed by atoms with Crippen molar-refractivity contribution in [3.8, 4) is 0 Å². The van der Waals surface area contributed by atoms with Crippen LogP contribution in [-0.4, -0.2) is 28.0 Å². The number of hydrogen-bond donors (Lipinski definition) is 2. The summed E-state index contributed by atoms with van der Waals surface area (Å²) < 4.78 is 31.3. The molecule has 0 atom stereocenters. The fourth-order valence-electron chi connectivity index (χ4n) is 2.30. The molecule has 0 aliphatic heterocycles. The van der Waals surface area contributed by atoms with Crippen molar-refractivity contribution >= 4 is 27.7 Å². The number of carbonyl (C=O) groups is 1. The van der Waals surface area contributed by atoms with Crippen LogP contribution in [0.2, 0.25) is 0 Å². The van der Waals surface area contributed by atoms with Gasteiger partial charge >= 0.3 is 0 Å². The van der Waals surface area contributed by atoms with Crippen LogP contribution in [0, 0.1) is 0 Å². The number of hydrogen-bond acceptors (Lipinski definition) is 4. The van der Waals surface area contributed by atoms with Crippen LogP contribution in [0.3, 0.4) is 0 Å². The second-order valence-corrected chi connectivity index (χ2v) is 7.25. The molecule has 0 aliphatic rings. The molecule has 0 saturated carbocycles. The summed E-state index contributed by atoms with van der Waals surface area (Å²) in [5, 5.41) is 2.81. The molecule has 2 aromatic carbocycles. The summed E-state index contributed by atoms with van der Waals surface area (Å²) in [6, 6.07) is 13.7. The molecule has 26 heavy (non-hydrogen) atoms. The SMILES string of the molecule is CCNS(=O)(=O)c1ccc(C=CC(=O)Nc2ccccc2COC)cc1. The maximum absolute atomic E-state index is 12.1. The number of methoxy groups -OCH3 is 1. The molecular formula is C19H22N2O4S. The molecule has 6 nitrogen and oxygen atoms in total. The zero-order valence-corrected chi connectivity index (χ0v) is 15.5. The standard InChI is InChI=1S/C19H22N2O4S/c1-3-20-26(23,24)17-11-8-15(9-12-17)10-13-19(22)21-18-7-5-4-6-16(18)14-25-2/h4-13,20H,3,14H2,1-2H3,(H,21,22). The minimum atomic E-state index is -3.47. The Labute approximate surface area is 153 Å². The lowest BCUT2D eigenvalue weighted by Gasteiger charge is -2.08. The van der Waals surface area contributed by atoms with Crippen LogP contribution in [0.15, 0.2) is 59.5 Å². The summed E-state index contributed by atoms with van der Waals surface area (Å²) in [5.41, 5.74) is 2.30. The predicted molar refractivity (Wildman–Crippen MR) is 102 cm³/mol.